The van der Waals surface area contributed by atoms with Gasteiger partial charge in [0.1, 0.15) is 18.0 Å². The maximum atomic E-state index is 13.9. The molecule has 2 fully saturated rings. The van der Waals surface area contributed by atoms with E-state index in [-0.39, 0.29) is 23.4 Å². The number of alkyl halides is 1. The summed E-state index contributed by atoms with van der Waals surface area (Å²) in [6, 6.07) is 7.39. The Balaban J connectivity index is 1.31. The number of halogens is 1. The fourth-order valence-corrected chi connectivity index (χ4v) is 5.49. The molecule has 0 spiro atoms. The van der Waals surface area contributed by atoms with E-state index in [4.69, 9.17) is 4.74 Å². The van der Waals surface area contributed by atoms with Crippen molar-refractivity contribution in [1.82, 2.24) is 25.3 Å². The molecular weight excluding hydrogens is 405 g/mol. The van der Waals surface area contributed by atoms with Crippen molar-refractivity contribution < 1.29 is 14.2 Å². The number of aromatic nitrogens is 4. The largest absolute Gasteiger partial charge is 0.507 e. The summed E-state index contributed by atoms with van der Waals surface area (Å²) in [5.74, 6) is 0.112. The lowest BCUT2D eigenvalue weighted by Gasteiger charge is -2.48. The first kappa shape index (κ1) is 19.4. The molecule has 158 valence electrons. The average molecular weight is 430 g/mol. The van der Waals surface area contributed by atoms with Gasteiger partial charge in [-0.2, -0.15) is 5.10 Å². The van der Waals surface area contributed by atoms with Crippen molar-refractivity contribution >= 4 is 11.3 Å². The first-order chi connectivity index (χ1) is 14.4. The molecule has 2 aliphatic heterocycles. The van der Waals surface area contributed by atoms with Crippen molar-refractivity contribution in [3.05, 3.63) is 36.2 Å². The fraction of sp³-hybridized carbons (Fsp3) is 0.476. The number of aryl methyl sites for hydroxylation is 1. The van der Waals surface area contributed by atoms with Crippen LogP contribution in [0.25, 0.3) is 16.3 Å². The molecule has 4 unspecified atom stereocenters. The zero-order chi connectivity index (χ0) is 20.9. The molecule has 0 aliphatic carbocycles. The number of ether oxygens (including phenoxy) is 1. The summed E-state index contributed by atoms with van der Waals surface area (Å²) >= 11 is 1.31. The normalized spacial score (nSPS) is 28.4. The average Bonchev–Trinajstić information content (AvgIpc) is 3.29. The minimum absolute atomic E-state index is 0.0198. The van der Waals surface area contributed by atoms with Gasteiger partial charge in [0.05, 0.1) is 16.9 Å². The molecule has 2 N–H and O–H groups in total. The second-order valence-electron chi connectivity index (χ2n) is 8.59. The third kappa shape index (κ3) is 3.79. The minimum Gasteiger partial charge on any atom is -0.507 e. The number of fused-ring (bicyclic) bond motifs is 2. The number of hydrogen-bond donors (Lipinski definition) is 2. The predicted octanol–water partition coefficient (Wildman–Crippen LogP) is 3.79. The molecule has 4 heterocycles. The van der Waals surface area contributed by atoms with Gasteiger partial charge in [-0.15, -0.1) is 5.10 Å². The first-order valence-corrected chi connectivity index (χ1v) is 11.0. The third-order valence-corrected chi connectivity index (χ3v) is 6.71. The van der Waals surface area contributed by atoms with Gasteiger partial charge in [-0.1, -0.05) is 16.4 Å². The molecule has 2 aromatic heterocycles. The van der Waals surface area contributed by atoms with Gasteiger partial charge in [-0.05, 0) is 51.3 Å². The summed E-state index contributed by atoms with van der Waals surface area (Å²) in [6.07, 6.45) is 3.63. The third-order valence-electron chi connectivity index (χ3n) is 5.86. The van der Waals surface area contributed by atoms with Gasteiger partial charge in [0.25, 0.3) is 5.19 Å². The molecular formula is C21H24FN5O2S. The number of hydrogen-bond acceptors (Lipinski definition) is 7. The van der Waals surface area contributed by atoms with Crippen LogP contribution in [0.4, 0.5) is 4.39 Å². The van der Waals surface area contributed by atoms with Crippen molar-refractivity contribution in [2.45, 2.75) is 63.4 Å². The minimum atomic E-state index is -0.744. The molecule has 2 saturated heterocycles. The summed E-state index contributed by atoms with van der Waals surface area (Å²) < 4.78 is 21.8. The lowest BCUT2D eigenvalue weighted by molar-refractivity contribution is 0.0199. The van der Waals surface area contributed by atoms with E-state index in [0.717, 1.165) is 24.2 Å². The van der Waals surface area contributed by atoms with Gasteiger partial charge in [0, 0.05) is 30.3 Å². The van der Waals surface area contributed by atoms with Gasteiger partial charge < -0.3 is 15.2 Å². The van der Waals surface area contributed by atoms with E-state index in [1.165, 1.54) is 11.3 Å². The monoisotopic (exact) mass is 429 g/mol. The van der Waals surface area contributed by atoms with E-state index in [1.807, 2.05) is 31.3 Å². The molecule has 3 aromatic rings. The second kappa shape index (κ2) is 7.31. The van der Waals surface area contributed by atoms with Gasteiger partial charge >= 0.3 is 0 Å². The van der Waals surface area contributed by atoms with Crippen LogP contribution in [0.1, 0.15) is 38.3 Å². The Kier molecular flexibility index (Phi) is 4.74. The predicted molar refractivity (Wildman–Crippen MR) is 112 cm³/mol. The number of nitrogens with zero attached hydrogens (tertiary/aromatic N) is 4. The highest BCUT2D eigenvalue weighted by atomic mass is 32.1. The smallest absolute Gasteiger partial charge is 0.294 e. The number of rotatable bonds is 4. The van der Waals surface area contributed by atoms with Gasteiger partial charge in [-0.3, -0.25) is 0 Å². The van der Waals surface area contributed by atoms with Crippen molar-refractivity contribution in [3.63, 3.8) is 0 Å². The molecule has 9 heteroatoms. The number of nitrogens with one attached hydrogen (secondary N) is 1. The lowest BCUT2D eigenvalue weighted by atomic mass is 9.75. The maximum absolute atomic E-state index is 13.9. The van der Waals surface area contributed by atoms with Crippen LogP contribution in [-0.4, -0.2) is 48.9 Å². The molecule has 1 aromatic carbocycles. The highest BCUT2D eigenvalue weighted by Gasteiger charge is 2.44. The topological polar surface area (TPSA) is 85.1 Å². The Morgan fingerprint density at radius 3 is 2.87 bits per heavy atom. The van der Waals surface area contributed by atoms with Crippen LogP contribution in [0, 0.1) is 6.92 Å². The van der Waals surface area contributed by atoms with Crippen LogP contribution in [0.15, 0.2) is 30.5 Å². The lowest BCUT2D eigenvalue weighted by Crippen LogP contribution is -2.61. The summed E-state index contributed by atoms with van der Waals surface area (Å²) in [5.41, 5.74) is 2.04. The Morgan fingerprint density at radius 2 is 2.13 bits per heavy atom. The zero-order valence-corrected chi connectivity index (χ0v) is 17.7. The van der Waals surface area contributed by atoms with Crippen LogP contribution < -0.4 is 10.1 Å². The number of phenolic OH excluding ortho intramolecular Hbond substituents is 1. The molecule has 4 atom stereocenters. The highest BCUT2D eigenvalue weighted by Crippen LogP contribution is 2.39. The van der Waals surface area contributed by atoms with E-state index in [2.05, 4.69) is 27.5 Å². The number of aromatic hydroxyl groups is 1. The summed E-state index contributed by atoms with van der Waals surface area (Å²) in [5, 5.41) is 27.9. The number of piperidine rings is 2. The van der Waals surface area contributed by atoms with Crippen molar-refractivity contribution in [3.8, 4) is 27.2 Å². The zero-order valence-electron chi connectivity index (χ0n) is 16.9. The molecule has 2 bridgehead atoms. The molecule has 0 saturated carbocycles. The molecule has 2 aliphatic rings. The van der Waals surface area contributed by atoms with E-state index >= 15 is 0 Å². The Labute approximate surface area is 177 Å². The SMILES string of the molecule is Cc1ccn(-c2ccc(-c3nnc(OC4CC5CC(F)CC(C)(C4)N5)s3)c(O)c2)n1. The Morgan fingerprint density at radius 1 is 1.27 bits per heavy atom. The summed E-state index contributed by atoms with van der Waals surface area (Å²) in [6.45, 7) is 3.98. The highest BCUT2D eigenvalue weighted by molar-refractivity contribution is 7.16. The molecule has 0 amide bonds. The molecule has 5 rings (SSSR count). The van der Waals surface area contributed by atoms with Gasteiger partial charge in [-0.25, -0.2) is 9.07 Å². The number of benzene rings is 1. The van der Waals surface area contributed by atoms with Crippen LogP contribution in [0.3, 0.4) is 0 Å². The van der Waals surface area contributed by atoms with E-state index in [1.54, 1.807) is 10.7 Å². The van der Waals surface area contributed by atoms with Gasteiger partial charge in [0.15, 0.2) is 5.01 Å². The van der Waals surface area contributed by atoms with Crippen LogP contribution in [0.2, 0.25) is 0 Å². The van der Waals surface area contributed by atoms with Crippen molar-refractivity contribution in [2.24, 2.45) is 0 Å². The Hall–Kier alpha value is -2.52. The molecule has 30 heavy (non-hydrogen) atoms. The van der Waals surface area contributed by atoms with Gasteiger partial charge in [0.2, 0.25) is 0 Å². The van der Waals surface area contributed by atoms with Crippen LogP contribution >= 0.6 is 11.3 Å². The summed E-state index contributed by atoms with van der Waals surface area (Å²) in [4.78, 5) is 0. The Bertz CT molecular complexity index is 1070. The first-order valence-electron chi connectivity index (χ1n) is 10.1. The van der Waals surface area contributed by atoms with Crippen molar-refractivity contribution in [2.75, 3.05) is 0 Å². The van der Waals surface area contributed by atoms with E-state index in [9.17, 15) is 9.50 Å². The van der Waals surface area contributed by atoms with Crippen molar-refractivity contribution in [1.29, 1.82) is 0 Å². The fourth-order valence-electron chi connectivity index (χ4n) is 4.69. The summed E-state index contributed by atoms with van der Waals surface area (Å²) in [7, 11) is 0. The van der Waals surface area contributed by atoms with Crippen LogP contribution in [-0.2, 0) is 0 Å². The number of phenols is 1. The molecule has 0 radical (unpaired) electrons. The second-order valence-corrected chi connectivity index (χ2v) is 9.54. The van der Waals surface area contributed by atoms with E-state index < -0.39 is 6.17 Å². The maximum Gasteiger partial charge on any atom is 0.294 e. The quantitative estimate of drug-likeness (QED) is 0.656. The molecule has 7 nitrogen and oxygen atoms in total. The van der Waals surface area contributed by atoms with Crippen LogP contribution in [0.5, 0.6) is 10.9 Å². The standard InChI is InChI=1S/C21H24FN5O2S/c1-12-5-6-27(26-12)15-3-4-17(18(28)9-15)19-24-25-20(30-19)29-16-8-14-7-13(22)10-21(2,11-16)23-14/h3-6,9,13-14,16,23,28H,7-8,10-11H2,1-2H3. The van der Waals surface area contributed by atoms with E-state index in [0.29, 0.717) is 28.6 Å².